The minimum atomic E-state index is -0.555. The summed E-state index contributed by atoms with van der Waals surface area (Å²) in [4.78, 5) is 20.9. The number of aliphatic hydroxyl groups excluding tert-OH is 1. The van der Waals surface area contributed by atoms with Gasteiger partial charge in [0, 0.05) is 24.6 Å². The fourth-order valence-corrected chi connectivity index (χ4v) is 1.45. The molecule has 1 aromatic rings. The fraction of sp³-hybridized carbons (Fsp3) is 0.182. The highest BCUT2D eigenvalue weighted by atomic mass is 16.6. The number of hydrogen-bond donors (Lipinski definition) is 4. The molecule has 0 saturated heterocycles. The van der Waals surface area contributed by atoms with Gasteiger partial charge in [0.1, 0.15) is 0 Å². The van der Waals surface area contributed by atoms with E-state index in [1.54, 1.807) is 0 Å². The molecule has 8 heteroatoms. The maximum Gasteiger partial charge on any atom is 0.269 e. The Hall–Kier alpha value is -2.45. The summed E-state index contributed by atoms with van der Waals surface area (Å²) in [6, 6.07) is 5.26. The smallest absolute Gasteiger partial charge is 0.269 e. The molecule has 0 aliphatic heterocycles. The highest BCUT2D eigenvalue weighted by Crippen LogP contribution is 2.18. The maximum absolute atomic E-state index is 11.0. The number of rotatable bonds is 5. The number of aliphatic hydroxyl groups is 1. The molecular formula is C11H13N3O5. The standard InChI is InChI=1S/C11H13N3O5/c1-7(16)12-10(6-15)11(13-17)8-2-4-9(5-3-8)14(18)19/h2-5,13,15,17H,6H2,1H3,(H,12,16)/b11-10-. The molecule has 1 rings (SSSR count). The third-order valence-corrected chi connectivity index (χ3v) is 2.27. The molecule has 0 fully saturated rings. The number of nitro benzene ring substituents is 1. The molecule has 0 aliphatic rings. The van der Waals surface area contributed by atoms with Crippen LogP contribution in [0.5, 0.6) is 0 Å². The first-order valence-corrected chi connectivity index (χ1v) is 5.26. The Morgan fingerprint density at radius 1 is 1.37 bits per heavy atom. The van der Waals surface area contributed by atoms with E-state index >= 15 is 0 Å². The number of hydroxylamine groups is 1. The Morgan fingerprint density at radius 3 is 2.32 bits per heavy atom. The monoisotopic (exact) mass is 267 g/mol. The van der Waals surface area contributed by atoms with E-state index in [9.17, 15) is 14.9 Å². The second-order valence-corrected chi connectivity index (χ2v) is 3.61. The lowest BCUT2D eigenvalue weighted by atomic mass is 10.1. The van der Waals surface area contributed by atoms with Crippen LogP contribution in [0.15, 0.2) is 30.0 Å². The van der Waals surface area contributed by atoms with Gasteiger partial charge in [-0.2, -0.15) is 0 Å². The molecule has 0 radical (unpaired) electrons. The van der Waals surface area contributed by atoms with Crippen molar-refractivity contribution in [2.75, 3.05) is 6.61 Å². The van der Waals surface area contributed by atoms with E-state index < -0.39 is 17.4 Å². The van der Waals surface area contributed by atoms with Gasteiger partial charge in [0.05, 0.1) is 22.9 Å². The van der Waals surface area contributed by atoms with Gasteiger partial charge in [-0.25, -0.2) is 0 Å². The molecule has 0 aliphatic carbocycles. The van der Waals surface area contributed by atoms with Crippen molar-refractivity contribution in [1.82, 2.24) is 10.8 Å². The molecule has 1 amide bonds. The molecular weight excluding hydrogens is 254 g/mol. The number of hydrogen-bond acceptors (Lipinski definition) is 6. The van der Waals surface area contributed by atoms with E-state index in [1.165, 1.54) is 31.2 Å². The number of nitrogens with one attached hydrogen (secondary N) is 2. The summed E-state index contributed by atoms with van der Waals surface area (Å²) in [5, 5.41) is 31.1. The molecule has 1 aromatic carbocycles. The summed E-state index contributed by atoms with van der Waals surface area (Å²) in [7, 11) is 0. The number of nitro groups is 1. The van der Waals surface area contributed by atoms with Crippen molar-refractivity contribution >= 4 is 17.3 Å². The lowest BCUT2D eigenvalue weighted by Crippen LogP contribution is -2.26. The van der Waals surface area contributed by atoms with Crippen LogP contribution in [0.4, 0.5) is 5.69 Å². The number of carbonyl (C=O) groups excluding carboxylic acids is 1. The maximum atomic E-state index is 11.0. The summed E-state index contributed by atoms with van der Waals surface area (Å²) in [6.45, 7) is 0.736. The van der Waals surface area contributed by atoms with E-state index in [2.05, 4.69) is 5.32 Å². The van der Waals surface area contributed by atoms with Gasteiger partial charge in [-0.15, -0.1) is 0 Å². The van der Waals surface area contributed by atoms with Crippen LogP contribution >= 0.6 is 0 Å². The van der Waals surface area contributed by atoms with E-state index in [1.807, 2.05) is 5.48 Å². The van der Waals surface area contributed by atoms with Crippen molar-refractivity contribution in [2.24, 2.45) is 0 Å². The van der Waals surface area contributed by atoms with Crippen LogP contribution in [0.2, 0.25) is 0 Å². The van der Waals surface area contributed by atoms with Crippen molar-refractivity contribution in [2.45, 2.75) is 6.92 Å². The molecule has 0 aromatic heterocycles. The lowest BCUT2D eigenvalue weighted by Gasteiger charge is -2.13. The number of nitrogens with zero attached hydrogens (tertiary/aromatic N) is 1. The van der Waals surface area contributed by atoms with Crippen LogP contribution in [-0.2, 0) is 4.79 Å². The number of non-ortho nitro benzene ring substituents is 1. The van der Waals surface area contributed by atoms with Crippen LogP contribution in [0, 0.1) is 10.1 Å². The van der Waals surface area contributed by atoms with Gasteiger partial charge in [0.15, 0.2) is 0 Å². The van der Waals surface area contributed by atoms with E-state index in [0.29, 0.717) is 5.56 Å². The van der Waals surface area contributed by atoms with Crippen molar-refractivity contribution < 1.29 is 20.0 Å². The quantitative estimate of drug-likeness (QED) is 0.451. The second kappa shape index (κ2) is 6.47. The van der Waals surface area contributed by atoms with Gasteiger partial charge in [-0.1, -0.05) is 0 Å². The van der Waals surface area contributed by atoms with E-state index in [4.69, 9.17) is 10.3 Å². The van der Waals surface area contributed by atoms with Gasteiger partial charge in [-0.3, -0.25) is 25.6 Å². The van der Waals surface area contributed by atoms with Crippen molar-refractivity contribution in [3.8, 4) is 0 Å². The van der Waals surface area contributed by atoms with Crippen molar-refractivity contribution in [1.29, 1.82) is 0 Å². The average molecular weight is 267 g/mol. The number of carbonyl (C=O) groups is 1. The molecule has 102 valence electrons. The summed E-state index contributed by atoms with van der Waals surface area (Å²) >= 11 is 0. The van der Waals surface area contributed by atoms with Crippen LogP contribution in [0.3, 0.4) is 0 Å². The molecule has 0 spiro atoms. The predicted molar refractivity (Wildman–Crippen MR) is 65.8 cm³/mol. The molecule has 0 saturated carbocycles. The van der Waals surface area contributed by atoms with Gasteiger partial charge >= 0.3 is 0 Å². The van der Waals surface area contributed by atoms with Crippen LogP contribution in [0.1, 0.15) is 12.5 Å². The second-order valence-electron chi connectivity index (χ2n) is 3.61. The highest BCUT2D eigenvalue weighted by Gasteiger charge is 2.11. The Kier molecular flexibility index (Phi) is 4.98. The molecule has 0 atom stereocenters. The average Bonchev–Trinajstić information content (AvgIpc) is 2.38. The van der Waals surface area contributed by atoms with Gasteiger partial charge in [0.25, 0.3) is 5.69 Å². The Labute approximate surface area is 108 Å². The first kappa shape index (κ1) is 14.6. The van der Waals surface area contributed by atoms with Gasteiger partial charge in [0.2, 0.25) is 5.91 Å². The summed E-state index contributed by atoms with van der Waals surface area (Å²) in [5.41, 5.74) is 2.26. The molecule has 0 bridgehead atoms. The summed E-state index contributed by atoms with van der Waals surface area (Å²) in [5.74, 6) is -0.418. The normalized spacial score (nSPS) is 11.5. The Bertz CT molecular complexity index is 510. The molecule has 19 heavy (non-hydrogen) atoms. The van der Waals surface area contributed by atoms with Crippen molar-refractivity contribution in [3.05, 3.63) is 45.6 Å². The van der Waals surface area contributed by atoms with Crippen molar-refractivity contribution in [3.63, 3.8) is 0 Å². The SMILES string of the molecule is CC(=O)N/C(CO)=C(\NO)c1ccc([N+](=O)[O-])cc1. The zero-order chi connectivity index (χ0) is 14.4. The minimum Gasteiger partial charge on any atom is -0.390 e. The zero-order valence-corrected chi connectivity index (χ0v) is 10.1. The number of benzene rings is 1. The van der Waals surface area contributed by atoms with Gasteiger partial charge < -0.3 is 10.4 Å². The van der Waals surface area contributed by atoms with E-state index in [0.717, 1.165) is 0 Å². The summed E-state index contributed by atoms with van der Waals surface area (Å²) in [6.07, 6.45) is 0. The Morgan fingerprint density at radius 2 is 1.95 bits per heavy atom. The van der Waals surface area contributed by atoms with Crippen LogP contribution in [-0.4, -0.2) is 27.8 Å². The highest BCUT2D eigenvalue weighted by molar-refractivity contribution is 5.79. The lowest BCUT2D eigenvalue weighted by molar-refractivity contribution is -0.384. The topological polar surface area (TPSA) is 125 Å². The molecule has 8 nitrogen and oxygen atoms in total. The zero-order valence-electron chi connectivity index (χ0n) is 10.1. The third kappa shape index (κ3) is 3.76. The third-order valence-electron chi connectivity index (χ3n) is 2.27. The first-order chi connectivity index (χ1) is 8.99. The summed E-state index contributed by atoms with van der Waals surface area (Å²) < 4.78 is 0. The number of amides is 1. The first-order valence-electron chi connectivity index (χ1n) is 5.26. The largest absolute Gasteiger partial charge is 0.390 e. The predicted octanol–water partition coefficient (Wildman–Crippen LogP) is 0.371. The molecule has 4 N–H and O–H groups in total. The molecule has 0 unspecified atom stereocenters. The molecule has 0 heterocycles. The Balaban J connectivity index is 3.17. The minimum absolute atomic E-state index is 0.0591. The van der Waals surface area contributed by atoms with E-state index in [-0.39, 0.29) is 17.1 Å². The van der Waals surface area contributed by atoms with Gasteiger partial charge in [-0.05, 0) is 12.1 Å². The van der Waals surface area contributed by atoms with Crippen LogP contribution in [0.25, 0.3) is 5.70 Å². The van der Waals surface area contributed by atoms with Crippen LogP contribution < -0.4 is 10.8 Å². The fourth-order valence-electron chi connectivity index (χ4n) is 1.45.